The second kappa shape index (κ2) is 4.49. The van der Waals surface area contributed by atoms with Gasteiger partial charge in [0.1, 0.15) is 5.82 Å². The number of primary amides is 1. The van der Waals surface area contributed by atoms with Gasteiger partial charge in [-0.2, -0.15) is 0 Å². The summed E-state index contributed by atoms with van der Waals surface area (Å²) in [5.74, 6) is -0.868. The molecule has 1 aromatic carbocycles. The zero-order chi connectivity index (χ0) is 11.5. The second-order valence-electron chi connectivity index (χ2n) is 3.76. The monoisotopic (exact) mass is 223 g/mol. The van der Waals surface area contributed by atoms with Crippen LogP contribution in [0.2, 0.25) is 0 Å². The number of anilines is 1. The summed E-state index contributed by atoms with van der Waals surface area (Å²) >= 11 is 0. The average molecular weight is 223 g/mol. The number of piperazine rings is 1. The highest BCUT2D eigenvalue weighted by atomic mass is 19.1. The first-order valence-corrected chi connectivity index (χ1v) is 5.23. The van der Waals surface area contributed by atoms with Gasteiger partial charge in [-0.1, -0.05) is 0 Å². The molecule has 0 aromatic heterocycles. The molecule has 0 spiro atoms. The maximum atomic E-state index is 13.2. The largest absolute Gasteiger partial charge is 0.368 e. The van der Waals surface area contributed by atoms with Crippen LogP contribution in [0.1, 0.15) is 10.4 Å². The van der Waals surface area contributed by atoms with Crippen LogP contribution in [0.5, 0.6) is 0 Å². The summed E-state index contributed by atoms with van der Waals surface area (Å²) < 4.78 is 13.2. The molecule has 4 nitrogen and oxygen atoms in total. The molecule has 1 heterocycles. The van der Waals surface area contributed by atoms with Gasteiger partial charge in [0.05, 0.1) is 11.3 Å². The van der Waals surface area contributed by atoms with E-state index in [-0.39, 0.29) is 5.82 Å². The predicted octanol–water partition coefficient (Wildman–Crippen LogP) is 0.334. The van der Waals surface area contributed by atoms with Crippen molar-refractivity contribution in [3.05, 3.63) is 29.6 Å². The van der Waals surface area contributed by atoms with Gasteiger partial charge in [0.2, 0.25) is 0 Å². The number of nitrogens with one attached hydrogen (secondary N) is 1. The molecular weight excluding hydrogens is 209 g/mol. The van der Waals surface area contributed by atoms with E-state index in [1.807, 2.05) is 4.90 Å². The number of amides is 1. The summed E-state index contributed by atoms with van der Waals surface area (Å²) in [6.07, 6.45) is 0. The summed E-state index contributed by atoms with van der Waals surface area (Å²) in [6, 6.07) is 4.06. The van der Waals surface area contributed by atoms with E-state index in [9.17, 15) is 9.18 Å². The van der Waals surface area contributed by atoms with Gasteiger partial charge in [0.25, 0.3) is 5.91 Å². The number of halogens is 1. The highest BCUT2D eigenvalue weighted by Gasteiger charge is 2.17. The zero-order valence-electron chi connectivity index (χ0n) is 8.87. The first kappa shape index (κ1) is 10.9. The smallest absolute Gasteiger partial charge is 0.250 e. The Hall–Kier alpha value is -1.62. The summed E-state index contributed by atoms with van der Waals surface area (Å²) in [4.78, 5) is 13.2. The Morgan fingerprint density at radius 2 is 2.06 bits per heavy atom. The molecule has 2 rings (SSSR count). The van der Waals surface area contributed by atoms with Crippen LogP contribution < -0.4 is 16.0 Å². The normalized spacial score (nSPS) is 16.2. The number of benzene rings is 1. The number of rotatable bonds is 2. The molecule has 1 fully saturated rings. The van der Waals surface area contributed by atoms with Gasteiger partial charge < -0.3 is 16.0 Å². The third-order valence-electron chi connectivity index (χ3n) is 2.68. The first-order chi connectivity index (χ1) is 7.68. The predicted molar refractivity (Wildman–Crippen MR) is 60.0 cm³/mol. The van der Waals surface area contributed by atoms with Gasteiger partial charge in [-0.15, -0.1) is 0 Å². The fourth-order valence-electron chi connectivity index (χ4n) is 1.88. The Labute approximate surface area is 93.2 Å². The lowest BCUT2D eigenvalue weighted by Crippen LogP contribution is -2.44. The Kier molecular flexibility index (Phi) is 3.05. The minimum atomic E-state index is -0.520. The van der Waals surface area contributed by atoms with Gasteiger partial charge >= 0.3 is 0 Å². The summed E-state index contributed by atoms with van der Waals surface area (Å²) in [5, 5.41) is 3.20. The van der Waals surface area contributed by atoms with E-state index in [2.05, 4.69) is 5.32 Å². The van der Waals surface area contributed by atoms with E-state index in [1.54, 1.807) is 0 Å². The molecule has 1 aliphatic rings. The average Bonchev–Trinajstić information content (AvgIpc) is 2.29. The number of carbonyl (C=O) groups excluding carboxylic acids is 1. The molecule has 0 unspecified atom stereocenters. The first-order valence-electron chi connectivity index (χ1n) is 5.23. The molecule has 1 aromatic rings. The van der Waals surface area contributed by atoms with Crippen molar-refractivity contribution in [3.8, 4) is 0 Å². The quantitative estimate of drug-likeness (QED) is 0.760. The van der Waals surface area contributed by atoms with Crippen molar-refractivity contribution < 1.29 is 9.18 Å². The van der Waals surface area contributed by atoms with E-state index >= 15 is 0 Å². The molecule has 0 aliphatic carbocycles. The van der Waals surface area contributed by atoms with Crippen LogP contribution in [-0.2, 0) is 0 Å². The van der Waals surface area contributed by atoms with E-state index in [1.165, 1.54) is 18.2 Å². The van der Waals surface area contributed by atoms with Crippen molar-refractivity contribution in [1.29, 1.82) is 0 Å². The lowest BCUT2D eigenvalue weighted by atomic mass is 10.1. The Morgan fingerprint density at radius 1 is 1.38 bits per heavy atom. The zero-order valence-corrected chi connectivity index (χ0v) is 8.87. The van der Waals surface area contributed by atoms with Crippen molar-refractivity contribution in [2.75, 3.05) is 31.1 Å². The molecule has 0 radical (unpaired) electrons. The van der Waals surface area contributed by atoms with Crippen LogP contribution in [0, 0.1) is 5.82 Å². The van der Waals surface area contributed by atoms with Crippen LogP contribution >= 0.6 is 0 Å². The summed E-state index contributed by atoms with van der Waals surface area (Å²) in [6.45, 7) is 3.16. The fraction of sp³-hybridized carbons (Fsp3) is 0.364. The van der Waals surface area contributed by atoms with Crippen molar-refractivity contribution in [2.24, 2.45) is 5.73 Å². The van der Waals surface area contributed by atoms with Gasteiger partial charge in [-0.25, -0.2) is 4.39 Å². The van der Waals surface area contributed by atoms with E-state index in [0.29, 0.717) is 11.3 Å². The fourth-order valence-corrected chi connectivity index (χ4v) is 1.88. The van der Waals surface area contributed by atoms with Crippen molar-refractivity contribution in [2.45, 2.75) is 0 Å². The van der Waals surface area contributed by atoms with Gasteiger partial charge in [-0.05, 0) is 18.2 Å². The second-order valence-corrected chi connectivity index (χ2v) is 3.76. The minimum Gasteiger partial charge on any atom is -0.368 e. The Morgan fingerprint density at radius 3 is 2.69 bits per heavy atom. The summed E-state index contributed by atoms with van der Waals surface area (Å²) in [7, 11) is 0. The lowest BCUT2D eigenvalue weighted by molar-refractivity contribution is 0.100. The van der Waals surface area contributed by atoms with Gasteiger partial charge in [-0.3, -0.25) is 4.79 Å². The Bertz CT molecular complexity index is 402. The number of hydrogen-bond donors (Lipinski definition) is 2. The van der Waals surface area contributed by atoms with Crippen LogP contribution in [0.25, 0.3) is 0 Å². The van der Waals surface area contributed by atoms with E-state index in [0.717, 1.165) is 26.2 Å². The van der Waals surface area contributed by atoms with Crippen molar-refractivity contribution in [1.82, 2.24) is 5.32 Å². The van der Waals surface area contributed by atoms with Crippen LogP contribution in [-0.4, -0.2) is 32.1 Å². The maximum absolute atomic E-state index is 13.2. The molecule has 5 heteroatoms. The minimum absolute atomic E-state index is 0.349. The molecular formula is C11H14FN3O. The number of carbonyl (C=O) groups is 1. The summed E-state index contributed by atoms with van der Waals surface area (Å²) in [5.41, 5.74) is 6.24. The molecule has 3 N–H and O–H groups in total. The van der Waals surface area contributed by atoms with Crippen LogP contribution in [0.4, 0.5) is 10.1 Å². The molecule has 86 valence electrons. The molecule has 1 saturated heterocycles. The van der Waals surface area contributed by atoms with Gasteiger partial charge in [0.15, 0.2) is 0 Å². The number of nitrogens with two attached hydrogens (primary N) is 1. The Balaban J connectivity index is 2.36. The highest BCUT2D eigenvalue weighted by molar-refractivity contribution is 5.98. The van der Waals surface area contributed by atoms with Crippen LogP contribution in [0.3, 0.4) is 0 Å². The topological polar surface area (TPSA) is 58.4 Å². The van der Waals surface area contributed by atoms with Crippen molar-refractivity contribution in [3.63, 3.8) is 0 Å². The van der Waals surface area contributed by atoms with E-state index < -0.39 is 5.91 Å². The highest BCUT2D eigenvalue weighted by Crippen LogP contribution is 2.21. The molecule has 1 aliphatic heterocycles. The molecule has 1 amide bonds. The number of hydrogen-bond acceptors (Lipinski definition) is 3. The number of nitrogens with zero attached hydrogens (tertiary/aromatic N) is 1. The maximum Gasteiger partial charge on any atom is 0.250 e. The standard InChI is InChI=1S/C11H14FN3O/c12-8-1-2-9(11(13)16)10(7-8)15-5-3-14-4-6-15/h1-2,7,14H,3-6H2,(H2,13,16). The lowest BCUT2D eigenvalue weighted by Gasteiger charge is -2.30. The molecule has 0 saturated carbocycles. The van der Waals surface area contributed by atoms with Gasteiger partial charge in [0, 0.05) is 26.2 Å². The van der Waals surface area contributed by atoms with E-state index in [4.69, 9.17) is 5.73 Å². The SMILES string of the molecule is NC(=O)c1ccc(F)cc1N1CCNCC1. The van der Waals surface area contributed by atoms with Crippen molar-refractivity contribution >= 4 is 11.6 Å². The molecule has 0 atom stereocenters. The molecule has 0 bridgehead atoms. The third-order valence-corrected chi connectivity index (χ3v) is 2.68. The molecule has 16 heavy (non-hydrogen) atoms. The van der Waals surface area contributed by atoms with Crippen LogP contribution in [0.15, 0.2) is 18.2 Å². The third kappa shape index (κ3) is 2.14.